The molecule has 0 saturated carbocycles. The molecule has 3 heterocycles. The van der Waals surface area contributed by atoms with Crippen LogP contribution in [0, 0.1) is 20.2 Å². The zero-order chi connectivity index (χ0) is 36.8. The standard InChI is InChI=1S/C36H32N8O8/c1-4-51-33(45)31-37-41(25-15-19-27(20-16-25)43(47)48)35(3)23-36(24-11-7-6-8-12-24)40(30-14-10-9-13-29(30)39(31)35)32(34(46)52-5-2)38-42(36)26-17-21-28(22-18-26)44(49)50/h6-22H,4-5,23H2,1-3H3/t35-,36+/m1/s1. The first kappa shape index (κ1) is 33.6. The van der Waals surface area contributed by atoms with Gasteiger partial charge in [0.15, 0.2) is 5.66 Å². The molecule has 3 aliphatic rings. The van der Waals surface area contributed by atoms with Crippen molar-refractivity contribution in [3.05, 3.63) is 129 Å². The van der Waals surface area contributed by atoms with Crippen LogP contribution in [-0.4, -0.2) is 52.3 Å². The number of carbonyl (C=O) groups excluding carboxylic acids is 2. The first-order valence-electron chi connectivity index (χ1n) is 16.4. The Bertz CT molecular complexity index is 2140. The summed E-state index contributed by atoms with van der Waals surface area (Å²) in [6, 6.07) is 28.1. The monoisotopic (exact) mass is 704 g/mol. The molecule has 2 atom stereocenters. The molecule has 16 heteroatoms. The van der Waals surface area contributed by atoms with Crippen LogP contribution in [0.3, 0.4) is 0 Å². The topological polar surface area (TPSA) is 177 Å². The second kappa shape index (κ2) is 12.8. The third-order valence-electron chi connectivity index (χ3n) is 9.18. The average molecular weight is 705 g/mol. The molecule has 3 aliphatic heterocycles. The van der Waals surface area contributed by atoms with E-state index in [0.29, 0.717) is 28.3 Å². The van der Waals surface area contributed by atoms with Crippen molar-refractivity contribution in [1.82, 2.24) is 0 Å². The van der Waals surface area contributed by atoms with E-state index in [0.717, 1.165) is 0 Å². The van der Waals surface area contributed by atoms with Crippen LogP contribution in [-0.2, 0) is 24.7 Å². The van der Waals surface area contributed by atoms with Gasteiger partial charge < -0.3 is 9.47 Å². The molecule has 0 radical (unpaired) electrons. The number of esters is 2. The van der Waals surface area contributed by atoms with E-state index in [1.807, 2.05) is 37.3 Å². The third-order valence-corrected chi connectivity index (χ3v) is 9.18. The fraction of sp³-hybridized carbons (Fsp3) is 0.222. The first-order chi connectivity index (χ1) is 25.0. The van der Waals surface area contributed by atoms with Gasteiger partial charge in [-0.25, -0.2) is 19.6 Å². The minimum absolute atomic E-state index is 0.0193. The van der Waals surface area contributed by atoms with E-state index in [4.69, 9.17) is 19.7 Å². The molecule has 0 aliphatic carbocycles. The molecule has 0 aromatic heterocycles. The number of hydrogen-bond donors (Lipinski definition) is 0. The zero-order valence-corrected chi connectivity index (χ0v) is 28.3. The molecular weight excluding hydrogens is 672 g/mol. The number of rotatable bonds is 9. The van der Waals surface area contributed by atoms with Gasteiger partial charge in [0.1, 0.15) is 5.66 Å². The van der Waals surface area contributed by atoms with Gasteiger partial charge in [0.25, 0.3) is 11.4 Å². The lowest BCUT2D eigenvalue weighted by Crippen LogP contribution is -2.62. The number of hydrogen-bond acceptors (Lipinski definition) is 14. The molecule has 16 nitrogen and oxygen atoms in total. The summed E-state index contributed by atoms with van der Waals surface area (Å²) >= 11 is 0. The molecule has 0 amide bonds. The Labute approximate surface area is 297 Å². The van der Waals surface area contributed by atoms with E-state index in [1.54, 1.807) is 82.2 Å². The second-order valence-electron chi connectivity index (χ2n) is 12.2. The smallest absolute Gasteiger partial charge is 0.376 e. The van der Waals surface area contributed by atoms with Gasteiger partial charge in [0.2, 0.25) is 11.7 Å². The summed E-state index contributed by atoms with van der Waals surface area (Å²) in [5, 5.41) is 36.3. The lowest BCUT2D eigenvalue weighted by molar-refractivity contribution is -0.385. The van der Waals surface area contributed by atoms with Crippen LogP contribution in [0.25, 0.3) is 0 Å². The molecule has 0 saturated heterocycles. The van der Waals surface area contributed by atoms with Crippen molar-refractivity contribution in [2.45, 2.75) is 38.5 Å². The van der Waals surface area contributed by atoms with Gasteiger partial charge in [-0.1, -0.05) is 42.5 Å². The number of para-hydroxylation sites is 2. The number of anilines is 4. The predicted octanol–water partition coefficient (Wildman–Crippen LogP) is 5.88. The highest BCUT2D eigenvalue weighted by Crippen LogP contribution is 2.57. The van der Waals surface area contributed by atoms with E-state index < -0.39 is 33.1 Å². The number of hydrazone groups is 2. The molecule has 0 spiro atoms. The summed E-state index contributed by atoms with van der Waals surface area (Å²) in [5.41, 5.74) is -0.573. The summed E-state index contributed by atoms with van der Waals surface area (Å²) in [4.78, 5) is 53.6. The molecule has 0 N–H and O–H groups in total. The Morgan fingerprint density at radius 3 is 1.62 bits per heavy atom. The molecular formula is C36H32N8O8. The van der Waals surface area contributed by atoms with E-state index in [2.05, 4.69) is 0 Å². The van der Waals surface area contributed by atoms with Gasteiger partial charge >= 0.3 is 11.9 Å². The van der Waals surface area contributed by atoms with Crippen molar-refractivity contribution in [2.75, 3.05) is 33.0 Å². The lowest BCUT2D eigenvalue weighted by Gasteiger charge is -2.48. The normalized spacial score (nSPS) is 20.2. The maximum atomic E-state index is 14.0. The van der Waals surface area contributed by atoms with Gasteiger partial charge in [0.05, 0.1) is 45.8 Å². The summed E-state index contributed by atoms with van der Waals surface area (Å²) in [7, 11) is 0. The fourth-order valence-corrected chi connectivity index (χ4v) is 7.12. The Morgan fingerprint density at radius 1 is 0.673 bits per heavy atom. The van der Waals surface area contributed by atoms with Gasteiger partial charge in [-0.3, -0.25) is 30.0 Å². The number of benzene rings is 4. The van der Waals surface area contributed by atoms with E-state index in [-0.39, 0.29) is 42.7 Å². The highest BCUT2D eigenvalue weighted by Gasteiger charge is 2.64. The molecule has 7 rings (SSSR count). The molecule has 0 fully saturated rings. The van der Waals surface area contributed by atoms with Crippen molar-refractivity contribution >= 4 is 57.7 Å². The van der Waals surface area contributed by atoms with Crippen molar-refractivity contribution in [3.63, 3.8) is 0 Å². The number of amidine groups is 2. The average Bonchev–Trinajstić information content (AvgIpc) is 3.61. The predicted molar refractivity (Wildman–Crippen MR) is 192 cm³/mol. The SMILES string of the molecule is CCOC(=O)C1=NN(c2ccc([N+](=O)[O-])cc2)[C@]2(C)C[C@@]3(c4ccccc4)N(c4ccc([N+](=O)[O-])cc4)N=C(C(=O)OCC)N3c3ccccc3N12. The number of fused-ring (bicyclic) bond motifs is 5. The number of non-ortho nitro benzene ring substituents is 2. The van der Waals surface area contributed by atoms with Crippen molar-refractivity contribution < 1.29 is 28.9 Å². The summed E-state index contributed by atoms with van der Waals surface area (Å²) < 4.78 is 11.1. The number of carbonyl (C=O) groups is 2. The van der Waals surface area contributed by atoms with E-state index >= 15 is 0 Å². The molecule has 264 valence electrons. The zero-order valence-electron chi connectivity index (χ0n) is 28.3. The van der Waals surface area contributed by atoms with E-state index in [1.165, 1.54) is 24.3 Å². The van der Waals surface area contributed by atoms with Crippen molar-refractivity contribution in [3.8, 4) is 0 Å². The number of nitrogens with zero attached hydrogens (tertiary/aromatic N) is 8. The maximum Gasteiger partial charge on any atom is 0.376 e. The Kier molecular flexibility index (Phi) is 8.28. The summed E-state index contributed by atoms with van der Waals surface area (Å²) in [6.45, 7) is 5.35. The largest absolute Gasteiger partial charge is 0.460 e. The molecule has 0 unspecified atom stereocenters. The summed E-state index contributed by atoms with van der Waals surface area (Å²) in [6.07, 6.45) is 0.0193. The molecule has 0 bridgehead atoms. The number of ether oxygens (including phenoxy) is 2. The van der Waals surface area contributed by atoms with Crippen LogP contribution in [0.15, 0.2) is 113 Å². The molecule has 4 aromatic rings. The van der Waals surface area contributed by atoms with Crippen LogP contribution in [0.5, 0.6) is 0 Å². The molecule has 52 heavy (non-hydrogen) atoms. The lowest BCUT2D eigenvalue weighted by atomic mass is 9.86. The Morgan fingerprint density at radius 2 is 1.12 bits per heavy atom. The third kappa shape index (κ3) is 5.14. The maximum absolute atomic E-state index is 14.0. The van der Waals surface area contributed by atoms with E-state index in [9.17, 15) is 29.8 Å². The highest BCUT2D eigenvalue weighted by molar-refractivity contribution is 6.45. The van der Waals surface area contributed by atoms with Crippen molar-refractivity contribution in [1.29, 1.82) is 0 Å². The first-order valence-corrected chi connectivity index (χ1v) is 16.4. The van der Waals surface area contributed by atoms with Crippen LogP contribution in [0.4, 0.5) is 34.1 Å². The number of nitro groups is 2. The van der Waals surface area contributed by atoms with Crippen LogP contribution < -0.4 is 19.8 Å². The van der Waals surface area contributed by atoms with Crippen LogP contribution >= 0.6 is 0 Å². The van der Waals surface area contributed by atoms with Gasteiger partial charge in [-0.2, -0.15) is 0 Å². The molecule has 4 aromatic carbocycles. The van der Waals surface area contributed by atoms with Crippen LogP contribution in [0.2, 0.25) is 0 Å². The Hall–Kier alpha value is -6.84. The van der Waals surface area contributed by atoms with Crippen LogP contribution in [0.1, 0.15) is 32.8 Å². The highest BCUT2D eigenvalue weighted by atomic mass is 16.6. The van der Waals surface area contributed by atoms with Crippen molar-refractivity contribution in [2.24, 2.45) is 10.2 Å². The number of nitro benzene ring substituents is 2. The minimum atomic E-state index is -1.43. The van der Waals surface area contributed by atoms with Gasteiger partial charge in [-0.05, 0) is 57.2 Å². The quantitative estimate of drug-likeness (QED) is 0.115. The van der Waals surface area contributed by atoms with Gasteiger partial charge in [0, 0.05) is 36.2 Å². The van der Waals surface area contributed by atoms with Gasteiger partial charge in [-0.15, -0.1) is 10.2 Å². The summed E-state index contributed by atoms with van der Waals surface area (Å²) in [5.74, 6) is -1.56. The Balaban J connectivity index is 1.56. The fourth-order valence-electron chi connectivity index (χ4n) is 7.12. The minimum Gasteiger partial charge on any atom is -0.460 e. The second-order valence-corrected chi connectivity index (χ2v) is 12.2.